The van der Waals surface area contributed by atoms with Crippen molar-refractivity contribution >= 4 is 42.5 Å². The maximum Gasteiger partial charge on any atom is 0.344 e. The van der Waals surface area contributed by atoms with Gasteiger partial charge in [-0.15, -0.1) is 24.8 Å². The second-order valence-electron chi connectivity index (χ2n) is 7.31. The number of piperazine rings is 1. The van der Waals surface area contributed by atoms with Gasteiger partial charge in [0.15, 0.2) is 12.4 Å². The third-order valence-corrected chi connectivity index (χ3v) is 5.35. The van der Waals surface area contributed by atoms with E-state index in [0.717, 1.165) is 32.5 Å². The summed E-state index contributed by atoms with van der Waals surface area (Å²) >= 11 is 0. The number of carbonyl (C=O) groups excluding carboxylic acids is 3. The van der Waals surface area contributed by atoms with Crippen LogP contribution in [0.1, 0.15) is 30.1 Å². The Labute approximate surface area is 195 Å². The van der Waals surface area contributed by atoms with E-state index in [0.29, 0.717) is 37.1 Å². The average Bonchev–Trinajstić information content (AvgIpc) is 2.75. The molecule has 31 heavy (non-hydrogen) atoms. The van der Waals surface area contributed by atoms with Gasteiger partial charge in [-0.3, -0.25) is 14.5 Å². The second kappa shape index (κ2) is 13.5. The van der Waals surface area contributed by atoms with Gasteiger partial charge in [0, 0.05) is 24.7 Å². The number of Topliss-reactive ketones (excluding diaryl/α,β-unsaturated/α-hetero) is 1. The van der Waals surface area contributed by atoms with E-state index in [1.54, 1.807) is 36.1 Å². The number of hydrogen-bond donors (Lipinski definition) is 1. The highest BCUT2D eigenvalue weighted by atomic mass is 35.5. The standard InChI is InChI=1S/C21H29N3O5.2ClH/c1-2-28-21(27)15-29-18-5-3-16(4-6-18)19(25)13-24-12-11-23(14-20(24)26)17-7-9-22-10-8-17;;/h3-6,17,22H,2,7-15H2,1H3;2*1H. The van der Waals surface area contributed by atoms with Gasteiger partial charge in [0.05, 0.1) is 19.7 Å². The first-order valence-electron chi connectivity index (χ1n) is 10.2. The number of piperidine rings is 1. The summed E-state index contributed by atoms with van der Waals surface area (Å²) in [6.07, 6.45) is 2.13. The molecule has 0 aromatic heterocycles. The zero-order valence-corrected chi connectivity index (χ0v) is 19.3. The summed E-state index contributed by atoms with van der Waals surface area (Å²) in [6, 6.07) is 7.05. The molecule has 10 heteroatoms. The molecule has 2 saturated heterocycles. The van der Waals surface area contributed by atoms with Gasteiger partial charge < -0.3 is 19.7 Å². The van der Waals surface area contributed by atoms with E-state index in [1.165, 1.54) is 0 Å². The summed E-state index contributed by atoms with van der Waals surface area (Å²) in [7, 11) is 0. The molecule has 8 nitrogen and oxygen atoms in total. The number of ketones is 1. The number of esters is 1. The minimum atomic E-state index is -0.435. The Balaban J connectivity index is 0.00000240. The molecule has 0 bridgehead atoms. The van der Waals surface area contributed by atoms with Crippen LogP contribution < -0.4 is 10.1 Å². The summed E-state index contributed by atoms with van der Waals surface area (Å²) in [4.78, 5) is 40.3. The molecular formula is C21H31Cl2N3O5. The van der Waals surface area contributed by atoms with Crippen molar-refractivity contribution in [2.24, 2.45) is 0 Å². The van der Waals surface area contributed by atoms with Gasteiger partial charge in [-0.2, -0.15) is 0 Å². The van der Waals surface area contributed by atoms with Crippen LogP contribution in [0.4, 0.5) is 0 Å². The van der Waals surface area contributed by atoms with Gasteiger partial charge >= 0.3 is 5.97 Å². The smallest absolute Gasteiger partial charge is 0.344 e. The zero-order valence-electron chi connectivity index (χ0n) is 17.7. The molecule has 1 aromatic carbocycles. The molecule has 1 N–H and O–H groups in total. The first-order valence-corrected chi connectivity index (χ1v) is 10.2. The molecule has 0 radical (unpaired) electrons. The molecule has 2 aliphatic rings. The highest BCUT2D eigenvalue weighted by Crippen LogP contribution is 2.17. The maximum atomic E-state index is 12.6. The Hall–Kier alpha value is -1.87. The monoisotopic (exact) mass is 475 g/mol. The van der Waals surface area contributed by atoms with Crippen molar-refractivity contribution in [3.8, 4) is 5.75 Å². The number of benzene rings is 1. The van der Waals surface area contributed by atoms with Crippen molar-refractivity contribution in [2.45, 2.75) is 25.8 Å². The Morgan fingerprint density at radius 1 is 1.10 bits per heavy atom. The third kappa shape index (κ3) is 7.96. The maximum absolute atomic E-state index is 12.6. The number of nitrogens with zero attached hydrogens (tertiary/aromatic N) is 2. The predicted octanol–water partition coefficient (Wildman–Crippen LogP) is 1.55. The fourth-order valence-electron chi connectivity index (χ4n) is 3.72. The van der Waals surface area contributed by atoms with Crippen molar-refractivity contribution in [1.29, 1.82) is 0 Å². The molecule has 174 valence electrons. The fourth-order valence-corrected chi connectivity index (χ4v) is 3.72. The van der Waals surface area contributed by atoms with Crippen molar-refractivity contribution in [3.63, 3.8) is 0 Å². The van der Waals surface area contributed by atoms with E-state index in [9.17, 15) is 14.4 Å². The molecule has 0 saturated carbocycles. The van der Waals surface area contributed by atoms with Crippen molar-refractivity contribution in [3.05, 3.63) is 29.8 Å². The van der Waals surface area contributed by atoms with Crippen LogP contribution in [0, 0.1) is 0 Å². The van der Waals surface area contributed by atoms with Crippen LogP contribution in [-0.2, 0) is 14.3 Å². The van der Waals surface area contributed by atoms with Gasteiger partial charge in [0.25, 0.3) is 0 Å². The third-order valence-electron chi connectivity index (χ3n) is 5.35. The summed E-state index contributed by atoms with van der Waals surface area (Å²) in [5, 5.41) is 3.34. The molecular weight excluding hydrogens is 445 g/mol. The van der Waals surface area contributed by atoms with Crippen LogP contribution in [0.2, 0.25) is 0 Å². The second-order valence-corrected chi connectivity index (χ2v) is 7.31. The Morgan fingerprint density at radius 2 is 1.77 bits per heavy atom. The van der Waals surface area contributed by atoms with Crippen LogP contribution in [0.15, 0.2) is 24.3 Å². The minimum absolute atomic E-state index is 0. The van der Waals surface area contributed by atoms with E-state index >= 15 is 0 Å². The van der Waals surface area contributed by atoms with E-state index in [2.05, 4.69) is 10.2 Å². The van der Waals surface area contributed by atoms with E-state index < -0.39 is 5.97 Å². The van der Waals surface area contributed by atoms with Gasteiger partial charge in [-0.05, 0) is 57.1 Å². The highest BCUT2D eigenvalue weighted by molar-refractivity contribution is 5.99. The number of rotatable bonds is 8. The van der Waals surface area contributed by atoms with Gasteiger partial charge in [-0.1, -0.05) is 0 Å². The molecule has 2 heterocycles. The largest absolute Gasteiger partial charge is 0.482 e. The summed E-state index contributed by atoms with van der Waals surface area (Å²) in [6.45, 7) is 5.72. The van der Waals surface area contributed by atoms with E-state index in [1.807, 2.05) is 0 Å². The number of ether oxygens (including phenoxy) is 2. The van der Waals surface area contributed by atoms with Crippen LogP contribution in [-0.4, -0.2) is 86.0 Å². The summed E-state index contributed by atoms with van der Waals surface area (Å²) < 4.78 is 10.1. The van der Waals surface area contributed by atoms with Crippen LogP contribution in [0.25, 0.3) is 0 Å². The number of nitrogens with one attached hydrogen (secondary N) is 1. The van der Waals surface area contributed by atoms with Crippen LogP contribution >= 0.6 is 24.8 Å². The summed E-state index contributed by atoms with van der Waals surface area (Å²) in [5.74, 6) is -0.0424. The van der Waals surface area contributed by atoms with Crippen molar-refractivity contribution in [1.82, 2.24) is 15.1 Å². The Bertz CT molecular complexity index is 726. The number of carbonyl (C=O) groups is 3. The minimum Gasteiger partial charge on any atom is -0.482 e. The van der Waals surface area contributed by atoms with E-state index in [4.69, 9.17) is 9.47 Å². The van der Waals surface area contributed by atoms with Crippen molar-refractivity contribution < 1.29 is 23.9 Å². The first kappa shape index (κ1) is 27.2. The van der Waals surface area contributed by atoms with Crippen LogP contribution in [0.3, 0.4) is 0 Å². The Morgan fingerprint density at radius 3 is 2.39 bits per heavy atom. The average molecular weight is 476 g/mol. The normalized spacial score (nSPS) is 17.3. The van der Waals surface area contributed by atoms with E-state index in [-0.39, 0.29) is 49.7 Å². The molecule has 0 atom stereocenters. The van der Waals surface area contributed by atoms with Gasteiger partial charge in [0.2, 0.25) is 5.91 Å². The predicted molar refractivity (Wildman–Crippen MR) is 121 cm³/mol. The lowest BCUT2D eigenvalue weighted by Crippen LogP contribution is -2.56. The fraction of sp³-hybridized carbons (Fsp3) is 0.571. The molecule has 2 aliphatic heterocycles. The Kier molecular flexibility index (Phi) is 11.8. The molecule has 3 rings (SSSR count). The molecule has 0 spiro atoms. The lowest BCUT2D eigenvalue weighted by molar-refractivity contribution is -0.145. The quantitative estimate of drug-likeness (QED) is 0.450. The van der Waals surface area contributed by atoms with Crippen LogP contribution in [0.5, 0.6) is 5.75 Å². The lowest BCUT2D eigenvalue weighted by atomic mass is 10.0. The zero-order chi connectivity index (χ0) is 20.6. The highest BCUT2D eigenvalue weighted by Gasteiger charge is 2.30. The topological polar surface area (TPSA) is 88.2 Å². The van der Waals surface area contributed by atoms with Crippen molar-refractivity contribution in [2.75, 3.05) is 52.5 Å². The van der Waals surface area contributed by atoms with Gasteiger partial charge in [0.1, 0.15) is 5.75 Å². The van der Waals surface area contributed by atoms with Gasteiger partial charge in [-0.25, -0.2) is 4.79 Å². The molecule has 1 amide bonds. The molecule has 0 unspecified atom stereocenters. The number of hydrogen-bond acceptors (Lipinski definition) is 7. The molecule has 2 fully saturated rings. The molecule has 1 aromatic rings. The summed E-state index contributed by atoms with van der Waals surface area (Å²) in [5.41, 5.74) is 0.516. The first-order chi connectivity index (χ1) is 14.1. The molecule has 0 aliphatic carbocycles. The number of halogens is 2. The SMILES string of the molecule is CCOC(=O)COc1ccc(C(=O)CN2CCN(C3CCNCC3)CC2=O)cc1.Cl.Cl. The number of amides is 1. The lowest BCUT2D eigenvalue weighted by Gasteiger charge is -2.40.